The number of hydrogen-bond donors (Lipinski definition) is 0. The van der Waals surface area contributed by atoms with Crippen LogP contribution in [0.3, 0.4) is 0 Å². The minimum atomic E-state index is -3.98. The van der Waals surface area contributed by atoms with Crippen molar-refractivity contribution in [2.45, 2.75) is 50.3 Å². The maximum atomic E-state index is 13.3. The Bertz CT molecular complexity index is 1230. The lowest BCUT2D eigenvalue weighted by molar-refractivity contribution is -0.122. The molecule has 1 saturated heterocycles. The van der Waals surface area contributed by atoms with E-state index in [-0.39, 0.29) is 22.5 Å². The molecule has 0 N–H and O–H groups in total. The van der Waals surface area contributed by atoms with Gasteiger partial charge in [0.1, 0.15) is 0 Å². The van der Waals surface area contributed by atoms with Gasteiger partial charge < -0.3 is 14.2 Å². The fourth-order valence-electron chi connectivity index (χ4n) is 3.82. The zero-order valence-electron chi connectivity index (χ0n) is 22.2. The van der Waals surface area contributed by atoms with Crippen molar-refractivity contribution in [2.75, 3.05) is 34.0 Å². The molecule has 1 fully saturated rings. The van der Waals surface area contributed by atoms with Crippen LogP contribution in [0.15, 0.2) is 62.7 Å². The van der Waals surface area contributed by atoms with Crippen LogP contribution in [0.2, 0.25) is 0 Å². The summed E-state index contributed by atoms with van der Waals surface area (Å²) < 4.78 is 46.4. The summed E-state index contributed by atoms with van der Waals surface area (Å²) in [6.07, 6.45) is 8.00. The lowest BCUT2D eigenvalue weighted by Crippen LogP contribution is -2.31. The van der Waals surface area contributed by atoms with E-state index in [4.69, 9.17) is 14.2 Å². The molecule has 38 heavy (non-hydrogen) atoms. The van der Waals surface area contributed by atoms with Gasteiger partial charge in [0, 0.05) is 20.3 Å². The lowest BCUT2D eigenvalue weighted by Gasteiger charge is -2.15. The van der Waals surface area contributed by atoms with E-state index in [0.717, 1.165) is 30.2 Å². The topological polar surface area (TPSA) is 94.5 Å². The fourth-order valence-corrected chi connectivity index (χ4v) is 6.05. The second-order valence-corrected chi connectivity index (χ2v) is 11.4. The molecule has 0 aromatic heterocycles. The summed E-state index contributed by atoms with van der Waals surface area (Å²) in [6.45, 7) is 3.52. The quantitative estimate of drug-likeness (QED) is 0.202. The Labute approximate surface area is 230 Å². The molecule has 0 spiro atoms. The van der Waals surface area contributed by atoms with E-state index in [0.29, 0.717) is 36.0 Å². The number of carbonyl (C=O) groups is 1. The highest BCUT2D eigenvalue weighted by Crippen LogP contribution is 2.35. The average Bonchev–Trinajstić information content (AvgIpc) is 3.20. The van der Waals surface area contributed by atoms with Crippen molar-refractivity contribution >= 4 is 38.9 Å². The van der Waals surface area contributed by atoms with Gasteiger partial charge >= 0.3 is 0 Å². The van der Waals surface area contributed by atoms with E-state index >= 15 is 0 Å². The molecule has 1 aliphatic rings. The number of benzene rings is 2. The number of hydrogen-bond acceptors (Lipinski definition) is 7. The highest BCUT2D eigenvalue weighted by molar-refractivity contribution is 8.19. The molecule has 0 saturated carbocycles. The Balaban J connectivity index is 1.81. The number of unbranched alkanes of at least 4 members (excludes halogenated alkanes) is 4. The van der Waals surface area contributed by atoms with Gasteiger partial charge in [-0.25, -0.2) is 0 Å². The maximum absolute atomic E-state index is 13.3. The Kier molecular flexibility index (Phi) is 11.7. The van der Waals surface area contributed by atoms with E-state index < -0.39 is 10.0 Å². The number of sulfonamides is 1. The number of amides is 1. The fraction of sp³-hybridized carbons (Fsp3) is 0.429. The van der Waals surface area contributed by atoms with Crippen molar-refractivity contribution in [3.05, 3.63) is 59.0 Å². The summed E-state index contributed by atoms with van der Waals surface area (Å²) in [4.78, 5) is 15.1. The normalized spacial score (nSPS) is 16.0. The number of nitrogens with zero attached hydrogens (tertiary/aromatic N) is 2. The van der Waals surface area contributed by atoms with Crippen LogP contribution < -0.4 is 9.47 Å². The minimum absolute atomic E-state index is 0.0699. The molecule has 0 radical (unpaired) electrons. The predicted molar refractivity (Wildman–Crippen MR) is 152 cm³/mol. The van der Waals surface area contributed by atoms with Gasteiger partial charge in [-0.2, -0.15) is 8.42 Å². The summed E-state index contributed by atoms with van der Waals surface area (Å²) in [6, 6.07) is 13.4. The number of ether oxygens (including phenoxy) is 3. The summed E-state index contributed by atoms with van der Waals surface area (Å²) in [5, 5.41) is 0.121. The van der Waals surface area contributed by atoms with Crippen LogP contribution in [0.25, 0.3) is 6.08 Å². The van der Waals surface area contributed by atoms with E-state index in [2.05, 4.69) is 11.3 Å². The van der Waals surface area contributed by atoms with Crippen LogP contribution in [0.5, 0.6) is 11.5 Å². The molecule has 0 aliphatic carbocycles. The minimum Gasteiger partial charge on any atom is -0.493 e. The maximum Gasteiger partial charge on any atom is 0.284 e. The average molecular weight is 561 g/mol. The third-order valence-electron chi connectivity index (χ3n) is 5.85. The van der Waals surface area contributed by atoms with Crippen LogP contribution in [0, 0.1) is 0 Å². The molecule has 10 heteroatoms. The van der Waals surface area contributed by atoms with Crippen LogP contribution in [0.1, 0.15) is 51.0 Å². The molecule has 0 unspecified atom stereocenters. The largest absolute Gasteiger partial charge is 0.493 e. The van der Waals surface area contributed by atoms with E-state index in [1.807, 2.05) is 12.1 Å². The van der Waals surface area contributed by atoms with Crippen molar-refractivity contribution in [3.8, 4) is 11.5 Å². The first-order valence-corrected chi connectivity index (χ1v) is 15.1. The molecule has 1 heterocycles. The van der Waals surface area contributed by atoms with Gasteiger partial charge in [-0.05, 0) is 60.5 Å². The molecule has 1 aliphatic heterocycles. The molecule has 0 atom stereocenters. The predicted octanol–water partition coefficient (Wildman–Crippen LogP) is 5.74. The van der Waals surface area contributed by atoms with Gasteiger partial charge in [0.2, 0.25) is 0 Å². The van der Waals surface area contributed by atoms with E-state index in [9.17, 15) is 13.2 Å². The summed E-state index contributed by atoms with van der Waals surface area (Å²) >= 11 is 1.04. The Morgan fingerprint density at radius 1 is 0.947 bits per heavy atom. The summed E-state index contributed by atoms with van der Waals surface area (Å²) in [5.74, 6) is 0.910. The van der Waals surface area contributed by atoms with Gasteiger partial charge in [0.15, 0.2) is 16.7 Å². The zero-order valence-corrected chi connectivity index (χ0v) is 23.9. The molecule has 2 aromatic rings. The van der Waals surface area contributed by atoms with Gasteiger partial charge in [0.25, 0.3) is 15.9 Å². The first kappa shape index (κ1) is 29.7. The Hall–Kier alpha value is -2.82. The molecule has 3 rings (SSSR count). The number of carbonyl (C=O) groups excluding carboxylic acids is 1. The van der Waals surface area contributed by atoms with E-state index in [1.54, 1.807) is 44.6 Å². The second-order valence-electron chi connectivity index (χ2n) is 8.75. The van der Waals surface area contributed by atoms with Crippen LogP contribution in [-0.2, 0) is 19.6 Å². The molecular formula is C28H36N2O6S2. The standard InChI is InChI=1S/C28H36N2O6S2/c1-4-5-6-7-11-19-36-24-16-15-22(20-25(24)35-3)21-26-27(31)30(17-12-18-34-2)28(37-26)29-38(32,33)23-13-9-8-10-14-23/h8-10,13-16,20-21H,4-7,11-12,17-19H2,1-3H3. The molecule has 2 aromatic carbocycles. The molecule has 8 nitrogen and oxygen atoms in total. The smallest absolute Gasteiger partial charge is 0.284 e. The Morgan fingerprint density at radius 3 is 2.42 bits per heavy atom. The van der Waals surface area contributed by atoms with Crippen molar-refractivity contribution in [1.82, 2.24) is 4.90 Å². The molecule has 206 valence electrons. The van der Waals surface area contributed by atoms with Gasteiger partial charge in [-0.1, -0.05) is 56.9 Å². The van der Waals surface area contributed by atoms with Crippen LogP contribution in [-0.4, -0.2) is 58.4 Å². The van der Waals surface area contributed by atoms with E-state index in [1.165, 1.54) is 36.3 Å². The SMILES string of the molecule is CCCCCCCOc1ccc(C=C2SC(=NS(=O)(=O)c3ccccc3)N(CCCOC)C2=O)cc1OC. The number of methoxy groups -OCH3 is 2. The van der Waals surface area contributed by atoms with Crippen molar-refractivity contribution in [2.24, 2.45) is 4.40 Å². The molecular weight excluding hydrogens is 524 g/mol. The van der Waals surface area contributed by atoms with Gasteiger partial charge in [0.05, 0.1) is 23.5 Å². The van der Waals surface area contributed by atoms with Crippen LogP contribution in [0.4, 0.5) is 0 Å². The van der Waals surface area contributed by atoms with Gasteiger partial charge in [-0.3, -0.25) is 9.69 Å². The first-order valence-electron chi connectivity index (χ1n) is 12.8. The number of amidine groups is 1. The van der Waals surface area contributed by atoms with Gasteiger partial charge in [-0.15, -0.1) is 4.40 Å². The molecule has 0 bridgehead atoms. The highest BCUT2D eigenvalue weighted by atomic mass is 32.2. The number of thioether (sulfide) groups is 1. The first-order chi connectivity index (χ1) is 18.4. The number of rotatable bonds is 15. The summed E-state index contributed by atoms with van der Waals surface area (Å²) in [7, 11) is -0.828. The Morgan fingerprint density at radius 2 is 1.71 bits per heavy atom. The lowest BCUT2D eigenvalue weighted by atomic mass is 10.1. The van der Waals surface area contributed by atoms with Crippen molar-refractivity contribution < 1.29 is 27.4 Å². The van der Waals surface area contributed by atoms with Crippen molar-refractivity contribution in [1.29, 1.82) is 0 Å². The monoisotopic (exact) mass is 560 g/mol. The third-order valence-corrected chi connectivity index (χ3v) is 8.25. The van der Waals surface area contributed by atoms with Crippen molar-refractivity contribution in [3.63, 3.8) is 0 Å². The third kappa shape index (κ3) is 8.34. The molecule has 1 amide bonds. The summed E-state index contributed by atoms with van der Waals surface area (Å²) in [5.41, 5.74) is 0.733. The zero-order chi connectivity index (χ0) is 27.4. The van der Waals surface area contributed by atoms with Crippen LogP contribution >= 0.6 is 11.8 Å². The second kappa shape index (κ2) is 14.9. The highest BCUT2D eigenvalue weighted by Gasteiger charge is 2.34.